The molecule has 0 radical (unpaired) electrons. The normalized spacial score (nSPS) is 23.8. The number of Topliss-reactive ketones (excluding diaryl/α,β-unsaturated/α-hetero) is 1. The van der Waals surface area contributed by atoms with Crippen molar-refractivity contribution in [1.29, 1.82) is 0 Å². The van der Waals surface area contributed by atoms with E-state index in [0.717, 1.165) is 25.9 Å². The number of nitrogens with zero attached hydrogens (tertiary/aromatic N) is 1. The number of rotatable bonds is 0. The summed E-state index contributed by atoms with van der Waals surface area (Å²) in [6, 6.07) is 0. The van der Waals surface area contributed by atoms with Crippen LogP contribution in [0.5, 0.6) is 0 Å². The monoisotopic (exact) mass is 192 g/mol. The Morgan fingerprint density at radius 3 is 2.18 bits per heavy atom. The van der Waals surface area contributed by atoms with Crippen molar-refractivity contribution in [2.75, 3.05) is 13.1 Å². The minimum atomic E-state index is 0. The molecule has 3 fully saturated rings. The Bertz CT molecular complexity index is 172. The SMILES string of the molecule is [CH-]=C1C(=O)C2CCN1CC2.[Fe]. The summed E-state index contributed by atoms with van der Waals surface area (Å²) in [6.45, 7) is 7.53. The third-order valence-electron chi connectivity index (χ3n) is 2.46. The number of allylic oxidation sites excluding steroid dienone is 1. The third kappa shape index (κ3) is 1.23. The minimum Gasteiger partial charge on any atom is -0.404 e. The molecule has 3 saturated heterocycles. The maximum absolute atomic E-state index is 11.2. The van der Waals surface area contributed by atoms with Gasteiger partial charge in [0.15, 0.2) is 0 Å². The van der Waals surface area contributed by atoms with Gasteiger partial charge in [-0.05, 0) is 18.8 Å². The molecule has 0 atom stereocenters. The number of piperidine rings is 3. The summed E-state index contributed by atoms with van der Waals surface area (Å²) >= 11 is 0. The van der Waals surface area contributed by atoms with Crippen LogP contribution in [-0.4, -0.2) is 23.8 Å². The molecule has 62 valence electrons. The molecule has 2 bridgehead atoms. The predicted octanol–water partition coefficient (Wildman–Crippen LogP) is 0.595. The molecule has 3 aliphatic heterocycles. The van der Waals surface area contributed by atoms with Gasteiger partial charge in [-0.15, -0.1) is 5.70 Å². The zero-order valence-electron chi connectivity index (χ0n) is 6.19. The second kappa shape index (κ2) is 3.00. The Morgan fingerprint density at radius 2 is 1.91 bits per heavy atom. The predicted molar refractivity (Wildman–Crippen MR) is 37.1 cm³/mol. The van der Waals surface area contributed by atoms with Crippen LogP contribution < -0.4 is 0 Å². The smallest absolute Gasteiger partial charge is 0.0255 e. The molecule has 3 heterocycles. The van der Waals surface area contributed by atoms with E-state index < -0.39 is 0 Å². The van der Waals surface area contributed by atoms with E-state index in [9.17, 15) is 4.79 Å². The zero-order chi connectivity index (χ0) is 7.14. The van der Waals surface area contributed by atoms with E-state index in [-0.39, 0.29) is 28.8 Å². The van der Waals surface area contributed by atoms with Crippen LogP contribution in [0.1, 0.15) is 12.8 Å². The molecule has 11 heavy (non-hydrogen) atoms. The maximum atomic E-state index is 11.2. The molecule has 0 aromatic carbocycles. The molecular weight excluding hydrogens is 182 g/mol. The first kappa shape index (κ1) is 8.82. The van der Waals surface area contributed by atoms with E-state index in [1.807, 2.05) is 4.90 Å². The molecule has 2 nitrogen and oxygen atoms in total. The van der Waals surface area contributed by atoms with E-state index >= 15 is 0 Å². The largest absolute Gasteiger partial charge is 0.404 e. The molecular formula is C8H10FeNO-. The standard InChI is InChI=1S/C8H10NO.Fe/c1-6-8(10)7-2-4-9(6)5-3-7;/h1,7H,2-5H2;/q-1;. The van der Waals surface area contributed by atoms with Crippen molar-refractivity contribution >= 4 is 5.78 Å². The van der Waals surface area contributed by atoms with E-state index in [1.165, 1.54) is 0 Å². The van der Waals surface area contributed by atoms with Gasteiger partial charge in [-0.2, -0.15) is 0 Å². The van der Waals surface area contributed by atoms with Crippen LogP contribution in [0.3, 0.4) is 0 Å². The van der Waals surface area contributed by atoms with E-state index in [0.29, 0.717) is 5.70 Å². The minimum absolute atomic E-state index is 0. The Balaban J connectivity index is 0.000000605. The van der Waals surface area contributed by atoms with E-state index in [2.05, 4.69) is 0 Å². The number of carbonyl (C=O) groups excluding carboxylic acids is 1. The van der Waals surface area contributed by atoms with Crippen molar-refractivity contribution in [1.82, 2.24) is 4.90 Å². The third-order valence-corrected chi connectivity index (χ3v) is 2.46. The number of hydrogen-bond donors (Lipinski definition) is 0. The van der Waals surface area contributed by atoms with Crippen molar-refractivity contribution in [2.45, 2.75) is 12.8 Å². The summed E-state index contributed by atoms with van der Waals surface area (Å²) < 4.78 is 0. The summed E-state index contributed by atoms with van der Waals surface area (Å²) in [5.74, 6) is 0.433. The van der Waals surface area contributed by atoms with Crippen LogP contribution in [0.2, 0.25) is 0 Å². The Kier molecular flexibility index (Phi) is 2.40. The molecule has 0 N–H and O–H groups in total. The Hall–Kier alpha value is -0.271. The van der Waals surface area contributed by atoms with Crippen molar-refractivity contribution in [2.24, 2.45) is 5.92 Å². The second-order valence-electron chi connectivity index (χ2n) is 3.01. The van der Waals surface area contributed by atoms with Crippen molar-refractivity contribution < 1.29 is 21.9 Å². The first-order chi connectivity index (χ1) is 4.79. The molecule has 0 aromatic heterocycles. The first-order valence-electron chi connectivity index (χ1n) is 3.70. The molecule has 3 heteroatoms. The van der Waals surface area contributed by atoms with Gasteiger partial charge in [0.2, 0.25) is 0 Å². The number of carbonyl (C=O) groups is 1. The summed E-state index contributed by atoms with van der Waals surface area (Å²) in [5.41, 5.74) is 0.502. The fourth-order valence-corrected chi connectivity index (χ4v) is 1.75. The number of fused-ring (bicyclic) bond motifs is 3. The van der Waals surface area contributed by atoms with Crippen molar-refractivity contribution in [3.05, 3.63) is 12.3 Å². The number of hydrogen-bond acceptors (Lipinski definition) is 2. The Morgan fingerprint density at radius 1 is 1.36 bits per heavy atom. The fraction of sp³-hybridized carbons (Fsp3) is 0.625. The van der Waals surface area contributed by atoms with Crippen LogP contribution in [0.4, 0.5) is 0 Å². The van der Waals surface area contributed by atoms with Gasteiger partial charge in [-0.25, -0.2) is 0 Å². The van der Waals surface area contributed by atoms with Gasteiger partial charge in [-0.3, -0.25) is 6.58 Å². The molecule has 0 saturated carbocycles. The van der Waals surface area contributed by atoms with Crippen LogP contribution in [0.25, 0.3) is 0 Å². The van der Waals surface area contributed by atoms with Gasteiger partial charge in [0.1, 0.15) is 0 Å². The first-order valence-corrected chi connectivity index (χ1v) is 3.70. The number of ketones is 1. The molecule has 0 amide bonds. The van der Waals surface area contributed by atoms with Crippen LogP contribution in [-0.2, 0) is 21.9 Å². The van der Waals surface area contributed by atoms with E-state index in [4.69, 9.17) is 6.58 Å². The van der Waals surface area contributed by atoms with Gasteiger partial charge in [0, 0.05) is 35.9 Å². The molecule has 0 aromatic rings. The summed E-state index contributed by atoms with van der Waals surface area (Å²) in [5, 5.41) is 0. The molecule has 0 unspecified atom stereocenters. The molecule has 0 spiro atoms. The van der Waals surface area contributed by atoms with E-state index in [1.54, 1.807) is 0 Å². The summed E-state index contributed by atoms with van der Waals surface area (Å²) in [7, 11) is 0. The van der Waals surface area contributed by atoms with Gasteiger partial charge in [-0.1, -0.05) is 0 Å². The van der Waals surface area contributed by atoms with Gasteiger partial charge in [0.05, 0.1) is 0 Å². The van der Waals surface area contributed by atoms with Crippen LogP contribution >= 0.6 is 0 Å². The topological polar surface area (TPSA) is 20.3 Å². The fourth-order valence-electron chi connectivity index (χ4n) is 1.75. The average Bonchev–Trinajstić information content (AvgIpc) is 2.00. The van der Waals surface area contributed by atoms with Crippen LogP contribution in [0, 0.1) is 12.5 Å². The summed E-state index contributed by atoms with van der Waals surface area (Å²) in [6.07, 6.45) is 2.03. The maximum Gasteiger partial charge on any atom is 0.0255 e. The van der Waals surface area contributed by atoms with Gasteiger partial charge >= 0.3 is 0 Å². The summed E-state index contributed by atoms with van der Waals surface area (Å²) in [4.78, 5) is 13.2. The second-order valence-corrected chi connectivity index (χ2v) is 3.01. The zero-order valence-corrected chi connectivity index (χ0v) is 7.30. The molecule has 3 rings (SSSR count). The van der Waals surface area contributed by atoms with Crippen molar-refractivity contribution in [3.63, 3.8) is 0 Å². The van der Waals surface area contributed by atoms with Crippen molar-refractivity contribution in [3.8, 4) is 0 Å². The van der Waals surface area contributed by atoms with Crippen LogP contribution in [0.15, 0.2) is 5.70 Å². The Labute approximate surface area is 77.1 Å². The quantitative estimate of drug-likeness (QED) is 0.318. The van der Waals surface area contributed by atoms with Gasteiger partial charge < -0.3 is 9.69 Å². The molecule has 0 aliphatic carbocycles. The molecule has 3 aliphatic rings. The van der Waals surface area contributed by atoms with Gasteiger partial charge in [0.25, 0.3) is 0 Å². The average molecular weight is 192 g/mol.